The van der Waals surface area contributed by atoms with Crippen molar-refractivity contribution in [3.63, 3.8) is 0 Å². The van der Waals surface area contributed by atoms with Crippen LogP contribution in [0.4, 0.5) is 0 Å². The summed E-state index contributed by atoms with van der Waals surface area (Å²) in [5, 5.41) is 9.35. The van der Waals surface area contributed by atoms with E-state index in [1.54, 1.807) is 30.6 Å². The maximum absolute atomic E-state index is 9.35. The Balaban J connectivity index is 2.19. The van der Waals surface area contributed by atoms with E-state index in [1.807, 2.05) is 12.1 Å². The number of rotatable bonds is 1. The quantitative estimate of drug-likeness (QED) is 0.649. The lowest BCUT2D eigenvalue weighted by Crippen LogP contribution is -1.80. The van der Waals surface area contributed by atoms with Crippen LogP contribution in [0.15, 0.2) is 42.7 Å². The maximum Gasteiger partial charge on any atom is 0.140 e. The van der Waals surface area contributed by atoms with Crippen LogP contribution in [0.5, 0.6) is 5.75 Å². The van der Waals surface area contributed by atoms with Gasteiger partial charge < -0.3 is 10.1 Å². The minimum atomic E-state index is 0.230. The van der Waals surface area contributed by atoms with Crippen LogP contribution in [-0.4, -0.2) is 20.1 Å². The summed E-state index contributed by atoms with van der Waals surface area (Å²) in [6, 6.07) is 8.85. The average molecular weight is 211 g/mol. The Morgan fingerprint density at radius 3 is 2.94 bits per heavy atom. The number of hydrogen-bond acceptors (Lipinski definition) is 3. The van der Waals surface area contributed by atoms with E-state index in [4.69, 9.17) is 0 Å². The highest BCUT2D eigenvalue weighted by atomic mass is 16.3. The van der Waals surface area contributed by atoms with E-state index >= 15 is 0 Å². The number of phenolic OH excluding ortho intramolecular Hbond substituents is 1. The summed E-state index contributed by atoms with van der Waals surface area (Å²) >= 11 is 0. The van der Waals surface area contributed by atoms with Gasteiger partial charge in [-0.1, -0.05) is 0 Å². The molecule has 4 heteroatoms. The van der Waals surface area contributed by atoms with Gasteiger partial charge in [-0.2, -0.15) is 0 Å². The number of benzene rings is 1. The van der Waals surface area contributed by atoms with Crippen molar-refractivity contribution in [3.05, 3.63) is 42.7 Å². The molecule has 0 fully saturated rings. The Hall–Kier alpha value is -2.36. The summed E-state index contributed by atoms with van der Waals surface area (Å²) in [4.78, 5) is 11.6. The maximum atomic E-state index is 9.35. The molecule has 0 atom stereocenters. The molecule has 0 bridgehead atoms. The molecule has 3 rings (SSSR count). The predicted octanol–water partition coefficient (Wildman–Crippen LogP) is 2.33. The second-order valence-corrected chi connectivity index (χ2v) is 3.53. The molecule has 16 heavy (non-hydrogen) atoms. The zero-order chi connectivity index (χ0) is 11.0. The summed E-state index contributed by atoms with van der Waals surface area (Å²) in [6.07, 6.45) is 3.47. The van der Waals surface area contributed by atoms with Crippen molar-refractivity contribution >= 4 is 11.0 Å². The number of hydrogen-bond donors (Lipinski definition) is 2. The zero-order valence-electron chi connectivity index (χ0n) is 8.38. The van der Waals surface area contributed by atoms with Gasteiger partial charge in [0.2, 0.25) is 0 Å². The van der Waals surface area contributed by atoms with Gasteiger partial charge in [-0.05, 0) is 24.3 Å². The third kappa shape index (κ3) is 1.40. The molecular formula is C12H9N3O. The fourth-order valence-corrected chi connectivity index (χ4v) is 1.64. The lowest BCUT2D eigenvalue weighted by molar-refractivity contribution is 0.476. The minimum Gasteiger partial charge on any atom is -0.508 e. The minimum absolute atomic E-state index is 0.230. The number of nitrogens with one attached hydrogen (secondary N) is 1. The second kappa shape index (κ2) is 3.34. The van der Waals surface area contributed by atoms with Crippen molar-refractivity contribution < 1.29 is 5.11 Å². The largest absolute Gasteiger partial charge is 0.508 e. The van der Waals surface area contributed by atoms with Crippen molar-refractivity contribution in [2.24, 2.45) is 0 Å². The highest BCUT2D eigenvalue weighted by Crippen LogP contribution is 2.22. The molecule has 2 heterocycles. The third-order valence-corrected chi connectivity index (χ3v) is 2.40. The topological polar surface area (TPSA) is 61.8 Å². The first-order valence-corrected chi connectivity index (χ1v) is 4.92. The number of imidazole rings is 1. The molecule has 0 aliphatic heterocycles. The van der Waals surface area contributed by atoms with Crippen LogP contribution in [0.3, 0.4) is 0 Å². The van der Waals surface area contributed by atoms with Crippen molar-refractivity contribution in [2.75, 3.05) is 0 Å². The molecule has 2 aromatic heterocycles. The molecule has 0 radical (unpaired) electrons. The SMILES string of the molecule is Oc1ccc2nc(-c3cccnc3)[nH]c2c1. The number of aromatic nitrogens is 3. The summed E-state index contributed by atoms with van der Waals surface area (Å²) in [7, 11) is 0. The van der Waals surface area contributed by atoms with Crippen LogP contribution in [0, 0.1) is 0 Å². The monoisotopic (exact) mass is 211 g/mol. The van der Waals surface area contributed by atoms with Crippen LogP contribution in [0.25, 0.3) is 22.4 Å². The van der Waals surface area contributed by atoms with Crippen LogP contribution in [0.1, 0.15) is 0 Å². The molecule has 2 N–H and O–H groups in total. The number of nitrogens with zero attached hydrogens (tertiary/aromatic N) is 2. The smallest absolute Gasteiger partial charge is 0.140 e. The molecule has 1 aromatic carbocycles. The normalized spacial score (nSPS) is 10.8. The number of fused-ring (bicyclic) bond motifs is 1. The van der Waals surface area contributed by atoms with Crippen LogP contribution >= 0.6 is 0 Å². The molecule has 0 aliphatic rings. The lowest BCUT2D eigenvalue weighted by Gasteiger charge is -1.92. The summed E-state index contributed by atoms with van der Waals surface area (Å²) in [6.45, 7) is 0. The van der Waals surface area contributed by atoms with E-state index in [-0.39, 0.29) is 5.75 Å². The standard InChI is InChI=1S/C12H9N3O/c16-9-3-4-10-11(6-9)15-12(14-10)8-2-1-5-13-7-8/h1-7,16H,(H,14,15). The van der Waals surface area contributed by atoms with Crippen LogP contribution < -0.4 is 0 Å². The number of aromatic amines is 1. The van der Waals surface area contributed by atoms with Gasteiger partial charge in [-0.3, -0.25) is 4.98 Å². The molecule has 0 saturated carbocycles. The summed E-state index contributed by atoms with van der Waals surface area (Å²) in [5.74, 6) is 0.989. The van der Waals surface area contributed by atoms with E-state index in [1.165, 1.54) is 0 Å². The summed E-state index contributed by atoms with van der Waals surface area (Å²) < 4.78 is 0. The molecule has 0 aliphatic carbocycles. The Morgan fingerprint density at radius 1 is 1.19 bits per heavy atom. The Morgan fingerprint density at radius 2 is 2.12 bits per heavy atom. The number of H-pyrrole nitrogens is 1. The van der Waals surface area contributed by atoms with E-state index in [9.17, 15) is 5.11 Å². The first-order valence-electron chi connectivity index (χ1n) is 4.92. The third-order valence-electron chi connectivity index (χ3n) is 2.40. The number of pyridine rings is 1. The van der Waals surface area contributed by atoms with Gasteiger partial charge in [0.25, 0.3) is 0 Å². The Kier molecular flexibility index (Phi) is 1.86. The molecule has 78 valence electrons. The summed E-state index contributed by atoms with van der Waals surface area (Å²) in [5.41, 5.74) is 2.58. The van der Waals surface area contributed by atoms with E-state index < -0.39 is 0 Å². The second-order valence-electron chi connectivity index (χ2n) is 3.53. The van der Waals surface area contributed by atoms with Crippen LogP contribution in [0.2, 0.25) is 0 Å². The zero-order valence-corrected chi connectivity index (χ0v) is 8.38. The van der Waals surface area contributed by atoms with Crippen molar-refractivity contribution in [1.29, 1.82) is 0 Å². The molecular weight excluding hydrogens is 202 g/mol. The Labute approximate surface area is 91.6 Å². The molecule has 3 aromatic rings. The molecule has 0 saturated heterocycles. The molecule has 0 amide bonds. The van der Waals surface area contributed by atoms with Gasteiger partial charge in [0.15, 0.2) is 0 Å². The average Bonchev–Trinajstić information content (AvgIpc) is 2.73. The van der Waals surface area contributed by atoms with E-state index in [0.717, 1.165) is 22.4 Å². The van der Waals surface area contributed by atoms with Crippen molar-refractivity contribution in [1.82, 2.24) is 15.0 Å². The first kappa shape index (κ1) is 8.91. The fraction of sp³-hybridized carbons (Fsp3) is 0. The van der Waals surface area contributed by atoms with E-state index in [0.29, 0.717) is 0 Å². The van der Waals surface area contributed by atoms with E-state index in [2.05, 4.69) is 15.0 Å². The van der Waals surface area contributed by atoms with Gasteiger partial charge in [-0.15, -0.1) is 0 Å². The van der Waals surface area contributed by atoms with Gasteiger partial charge in [0.05, 0.1) is 11.0 Å². The fourth-order valence-electron chi connectivity index (χ4n) is 1.64. The highest BCUT2D eigenvalue weighted by molar-refractivity contribution is 5.80. The first-order chi connectivity index (χ1) is 7.83. The van der Waals surface area contributed by atoms with Crippen LogP contribution in [-0.2, 0) is 0 Å². The van der Waals surface area contributed by atoms with Crippen molar-refractivity contribution in [2.45, 2.75) is 0 Å². The number of phenols is 1. The number of aromatic hydroxyl groups is 1. The lowest BCUT2D eigenvalue weighted by atomic mass is 10.3. The van der Waals surface area contributed by atoms with Gasteiger partial charge in [0, 0.05) is 24.0 Å². The molecule has 0 unspecified atom stereocenters. The molecule has 4 nitrogen and oxygen atoms in total. The molecule has 0 spiro atoms. The van der Waals surface area contributed by atoms with Crippen molar-refractivity contribution in [3.8, 4) is 17.1 Å². The Bertz CT molecular complexity index is 631. The van der Waals surface area contributed by atoms with Gasteiger partial charge in [0.1, 0.15) is 11.6 Å². The predicted molar refractivity (Wildman–Crippen MR) is 61.0 cm³/mol. The van der Waals surface area contributed by atoms with Gasteiger partial charge in [-0.25, -0.2) is 4.98 Å². The van der Waals surface area contributed by atoms with Gasteiger partial charge >= 0.3 is 0 Å². The highest BCUT2D eigenvalue weighted by Gasteiger charge is 2.05.